The first-order chi connectivity index (χ1) is 5.65. The molecule has 0 unspecified atom stereocenters. The second-order valence-electron chi connectivity index (χ2n) is 2.32. The molecule has 0 saturated heterocycles. The minimum atomic E-state index is -0.0227. The highest BCUT2D eigenvalue weighted by atomic mass is 35.5. The molecule has 3 nitrogen and oxygen atoms in total. The monoisotopic (exact) mass is 204 g/mol. The maximum Gasteiger partial charge on any atom is 0.225 e. The first-order valence-electron chi connectivity index (χ1n) is 3.40. The number of carbonyl (C=O) groups excluding carboxylic acids is 1. The lowest BCUT2D eigenvalue weighted by Crippen LogP contribution is -2.22. The molecule has 0 saturated carbocycles. The Morgan fingerprint density at radius 1 is 1.83 bits per heavy atom. The summed E-state index contributed by atoms with van der Waals surface area (Å²) in [6.45, 7) is 1.50. The molecule has 5 heteroatoms. The molecule has 0 aliphatic heterocycles. The van der Waals surface area contributed by atoms with Crippen molar-refractivity contribution in [3.8, 4) is 0 Å². The van der Waals surface area contributed by atoms with Gasteiger partial charge in [0.25, 0.3) is 0 Å². The van der Waals surface area contributed by atoms with Crippen LogP contribution in [0.5, 0.6) is 0 Å². The molecular weight excluding hydrogens is 196 g/mol. The van der Waals surface area contributed by atoms with Crippen LogP contribution in [0.1, 0.15) is 11.8 Å². The van der Waals surface area contributed by atoms with E-state index in [0.717, 1.165) is 4.88 Å². The Labute approximate surface area is 80.0 Å². The zero-order chi connectivity index (χ0) is 9.14. The zero-order valence-electron chi connectivity index (χ0n) is 6.87. The van der Waals surface area contributed by atoms with Crippen LogP contribution >= 0.6 is 22.9 Å². The predicted molar refractivity (Wildman–Crippen MR) is 50.8 cm³/mol. The van der Waals surface area contributed by atoms with Gasteiger partial charge in [-0.05, 0) is 0 Å². The summed E-state index contributed by atoms with van der Waals surface area (Å²) >= 11 is 7.02. The van der Waals surface area contributed by atoms with Gasteiger partial charge in [-0.1, -0.05) is 0 Å². The SMILES string of the molecule is CC(=O)N(C)c1ncc(CCl)s1. The van der Waals surface area contributed by atoms with Gasteiger partial charge in [0, 0.05) is 25.0 Å². The minimum absolute atomic E-state index is 0.0227. The molecule has 12 heavy (non-hydrogen) atoms. The lowest BCUT2D eigenvalue weighted by atomic mass is 10.6. The molecule has 0 aromatic carbocycles. The summed E-state index contributed by atoms with van der Waals surface area (Å²) in [7, 11) is 1.69. The topological polar surface area (TPSA) is 33.2 Å². The van der Waals surface area contributed by atoms with Crippen molar-refractivity contribution in [2.75, 3.05) is 11.9 Å². The molecule has 1 aromatic heterocycles. The summed E-state index contributed by atoms with van der Waals surface area (Å²) in [5, 5.41) is 0.693. The van der Waals surface area contributed by atoms with Gasteiger partial charge in [0.15, 0.2) is 5.13 Å². The van der Waals surface area contributed by atoms with Crippen LogP contribution in [0.25, 0.3) is 0 Å². The van der Waals surface area contributed by atoms with Crippen molar-refractivity contribution < 1.29 is 4.79 Å². The van der Waals surface area contributed by atoms with Crippen LogP contribution in [-0.2, 0) is 10.7 Å². The van der Waals surface area contributed by atoms with Crippen molar-refractivity contribution in [3.05, 3.63) is 11.1 Å². The molecule has 0 atom stereocenters. The van der Waals surface area contributed by atoms with Crippen LogP contribution in [0, 0.1) is 0 Å². The number of rotatable bonds is 2. The van der Waals surface area contributed by atoms with E-state index in [2.05, 4.69) is 4.98 Å². The number of anilines is 1. The fourth-order valence-electron chi connectivity index (χ4n) is 0.649. The predicted octanol–water partition coefficient (Wildman–Crippen LogP) is 1.86. The third-order valence-corrected chi connectivity index (χ3v) is 2.95. The number of hydrogen-bond acceptors (Lipinski definition) is 3. The van der Waals surface area contributed by atoms with Gasteiger partial charge in [-0.25, -0.2) is 4.98 Å². The van der Waals surface area contributed by atoms with Crippen molar-refractivity contribution in [1.29, 1.82) is 0 Å². The molecule has 0 N–H and O–H groups in total. The largest absolute Gasteiger partial charge is 0.292 e. The zero-order valence-corrected chi connectivity index (χ0v) is 8.45. The number of nitrogens with zero attached hydrogens (tertiary/aromatic N) is 2. The van der Waals surface area contributed by atoms with Gasteiger partial charge >= 0.3 is 0 Å². The molecule has 1 rings (SSSR count). The van der Waals surface area contributed by atoms with E-state index in [-0.39, 0.29) is 5.91 Å². The molecule has 1 amide bonds. The molecule has 1 heterocycles. The number of halogens is 1. The highest BCUT2D eigenvalue weighted by molar-refractivity contribution is 7.15. The average Bonchev–Trinajstić information content (AvgIpc) is 2.50. The van der Waals surface area contributed by atoms with E-state index in [1.165, 1.54) is 23.2 Å². The Balaban J connectivity index is 2.81. The van der Waals surface area contributed by atoms with Gasteiger partial charge in [-0.3, -0.25) is 9.69 Å². The fraction of sp³-hybridized carbons (Fsp3) is 0.429. The quantitative estimate of drug-likeness (QED) is 0.690. The third-order valence-electron chi connectivity index (χ3n) is 1.43. The van der Waals surface area contributed by atoms with E-state index >= 15 is 0 Å². The Bertz CT molecular complexity index is 287. The minimum Gasteiger partial charge on any atom is -0.292 e. The van der Waals surface area contributed by atoms with Gasteiger partial charge in [-0.15, -0.1) is 22.9 Å². The molecule has 0 bridgehead atoms. The molecule has 0 radical (unpaired) electrons. The smallest absolute Gasteiger partial charge is 0.225 e. The van der Waals surface area contributed by atoms with Crippen LogP contribution in [0.4, 0.5) is 5.13 Å². The van der Waals surface area contributed by atoms with Crippen molar-refractivity contribution in [2.45, 2.75) is 12.8 Å². The molecule has 0 spiro atoms. The summed E-state index contributed by atoms with van der Waals surface area (Å²) in [6, 6.07) is 0. The van der Waals surface area contributed by atoms with Crippen LogP contribution in [0.2, 0.25) is 0 Å². The van der Waals surface area contributed by atoms with Crippen LogP contribution in [0.15, 0.2) is 6.20 Å². The van der Waals surface area contributed by atoms with E-state index in [0.29, 0.717) is 11.0 Å². The second kappa shape index (κ2) is 3.87. The summed E-state index contributed by atoms with van der Waals surface area (Å²) in [5.74, 6) is 0.425. The maximum atomic E-state index is 10.9. The van der Waals surface area contributed by atoms with E-state index in [1.54, 1.807) is 13.2 Å². The Kier molecular flexibility index (Phi) is 3.05. The third kappa shape index (κ3) is 1.95. The summed E-state index contributed by atoms with van der Waals surface area (Å²) in [6.07, 6.45) is 1.69. The summed E-state index contributed by atoms with van der Waals surface area (Å²) < 4.78 is 0. The molecule has 0 fully saturated rings. The standard InChI is InChI=1S/C7H9ClN2OS/c1-5(11)10(2)7-9-4-6(3-8)12-7/h4H,3H2,1-2H3. The first kappa shape index (κ1) is 9.48. The fourth-order valence-corrected chi connectivity index (χ4v) is 1.65. The van der Waals surface area contributed by atoms with E-state index in [9.17, 15) is 4.79 Å². The van der Waals surface area contributed by atoms with Gasteiger partial charge in [-0.2, -0.15) is 0 Å². The lowest BCUT2D eigenvalue weighted by molar-refractivity contribution is -0.116. The summed E-state index contributed by atoms with van der Waals surface area (Å²) in [4.78, 5) is 17.4. The van der Waals surface area contributed by atoms with Crippen molar-refractivity contribution >= 4 is 34.0 Å². The molecule has 1 aromatic rings. The van der Waals surface area contributed by atoms with E-state index in [4.69, 9.17) is 11.6 Å². The number of carbonyl (C=O) groups is 1. The first-order valence-corrected chi connectivity index (χ1v) is 4.75. The summed E-state index contributed by atoms with van der Waals surface area (Å²) in [5.41, 5.74) is 0. The van der Waals surface area contributed by atoms with Gasteiger partial charge < -0.3 is 0 Å². The van der Waals surface area contributed by atoms with Crippen molar-refractivity contribution in [1.82, 2.24) is 4.98 Å². The van der Waals surface area contributed by atoms with Gasteiger partial charge in [0.05, 0.1) is 5.88 Å². The number of amides is 1. The highest BCUT2D eigenvalue weighted by Gasteiger charge is 2.09. The van der Waals surface area contributed by atoms with Crippen LogP contribution in [0.3, 0.4) is 0 Å². The molecule has 66 valence electrons. The highest BCUT2D eigenvalue weighted by Crippen LogP contribution is 2.22. The van der Waals surface area contributed by atoms with Gasteiger partial charge in [0.2, 0.25) is 5.91 Å². The number of alkyl halides is 1. The number of thiazole rings is 1. The maximum absolute atomic E-state index is 10.9. The van der Waals surface area contributed by atoms with E-state index < -0.39 is 0 Å². The number of hydrogen-bond donors (Lipinski definition) is 0. The molecule has 0 aliphatic carbocycles. The van der Waals surface area contributed by atoms with Crippen LogP contribution < -0.4 is 4.90 Å². The molecule has 0 aliphatic rings. The Hall–Kier alpha value is -0.610. The van der Waals surface area contributed by atoms with E-state index in [1.807, 2.05) is 0 Å². The Morgan fingerprint density at radius 2 is 2.50 bits per heavy atom. The number of aromatic nitrogens is 1. The van der Waals surface area contributed by atoms with Crippen molar-refractivity contribution in [3.63, 3.8) is 0 Å². The normalized spacial score (nSPS) is 9.92. The van der Waals surface area contributed by atoms with Crippen LogP contribution in [-0.4, -0.2) is 17.9 Å². The van der Waals surface area contributed by atoms with Gasteiger partial charge in [0.1, 0.15) is 0 Å². The Morgan fingerprint density at radius 3 is 2.92 bits per heavy atom. The lowest BCUT2D eigenvalue weighted by Gasteiger charge is -2.09. The van der Waals surface area contributed by atoms with Crippen molar-refractivity contribution in [2.24, 2.45) is 0 Å². The average molecular weight is 205 g/mol. The second-order valence-corrected chi connectivity index (χ2v) is 3.68. The molecular formula is C7H9ClN2OS.